The number of hydrogen-bond donors (Lipinski definition) is 2. The Morgan fingerprint density at radius 1 is 0.803 bits per heavy atom. The van der Waals surface area contributed by atoms with Crippen molar-refractivity contribution in [3.8, 4) is 11.5 Å². The van der Waals surface area contributed by atoms with Crippen LogP contribution < -0.4 is 14.8 Å². The van der Waals surface area contributed by atoms with Crippen molar-refractivity contribution in [1.82, 2.24) is 10.2 Å². The standard InChI is InChI=1S/C52H68N2O7/c1-50-28-11-14-45(50)44-25-20-40-32-43(26-30-51(40,2)46(44)27-29-50)61-49(57)53-31-10-6-9-15-48(56)54-33-36(47(55)34-54)35-60-52(37-12-7-5-8-13-37,38-16-21-41(58-3)22-17-38)39-18-23-42(59-4)24-19-39/h5,7-8,12-13,16-24,36,43-47,55H,6,9-11,14-15,25-35H2,1-4H3,(H,53,57). The monoisotopic (exact) mass is 833 g/mol. The number of allylic oxidation sites excluding steroid dienone is 1. The molecule has 3 aromatic rings. The van der Waals surface area contributed by atoms with Crippen molar-refractivity contribution in [3.05, 3.63) is 107 Å². The van der Waals surface area contributed by atoms with E-state index in [9.17, 15) is 14.7 Å². The molecular formula is C52H68N2O7. The summed E-state index contributed by atoms with van der Waals surface area (Å²) in [5.41, 5.74) is 4.13. The molecule has 3 aromatic carbocycles. The fraction of sp³-hybridized carbons (Fsp3) is 0.577. The van der Waals surface area contributed by atoms with Crippen LogP contribution in [-0.2, 0) is 19.9 Å². The maximum atomic E-state index is 13.4. The summed E-state index contributed by atoms with van der Waals surface area (Å²) in [5, 5.41) is 14.2. The van der Waals surface area contributed by atoms with E-state index in [4.69, 9.17) is 18.9 Å². The minimum Gasteiger partial charge on any atom is -0.497 e. The summed E-state index contributed by atoms with van der Waals surface area (Å²) in [6.07, 6.45) is 15.2. The molecule has 0 aromatic heterocycles. The lowest BCUT2D eigenvalue weighted by Gasteiger charge is -2.57. The van der Waals surface area contributed by atoms with Crippen molar-refractivity contribution in [2.75, 3.05) is 40.5 Å². The van der Waals surface area contributed by atoms with Crippen molar-refractivity contribution < 1.29 is 33.6 Å². The number of nitrogens with one attached hydrogen (secondary N) is 1. The van der Waals surface area contributed by atoms with E-state index in [0.29, 0.717) is 31.3 Å². The fourth-order valence-corrected chi connectivity index (χ4v) is 12.4. The van der Waals surface area contributed by atoms with E-state index < -0.39 is 11.7 Å². The summed E-state index contributed by atoms with van der Waals surface area (Å²) >= 11 is 0. The zero-order valence-corrected chi connectivity index (χ0v) is 36.9. The Balaban J connectivity index is 0.793. The van der Waals surface area contributed by atoms with Gasteiger partial charge in [0.1, 0.15) is 23.2 Å². The lowest BCUT2D eigenvalue weighted by atomic mass is 9.48. The number of methoxy groups -OCH3 is 2. The third-order valence-corrected chi connectivity index (χ3v) is 15.9. The number of unbranched alkanes of at least 4 members (excludes halogenated alkanes) is 2. The van der Waals surface area contributed by atoms with Gasteiger partial charge in [-0.15, -0.1) is 0 Å². The van der Waals surface area contributed by atoms with Crippen LogP contribution in [0.3, 0.4) is 0 Å². The van der Waals surface area contributed by atoms with Gasteiger partial charge >= 0.3 is 6.09 Å². The van der Waals surface area contributed by atoms with Crippen molar-refractivity contribution in [1.29, 1.82) is 0 Å². The van der Waals surface area contributed by atoms with E-state index in [1.165, 1.54) is 44.1 Å². The van der Waals surface area contributed by atoms with Crippen LogP contribution in [0.2, 0.25) is 0 Å². The summed E-state index contributed by atoms with van der Waals surface area (Å²) in [6.45, 7) is 6.53. The van der Waals surface area contributed by atoms with Crippen LogP contribution >= 0.6 is 0 Å². The van der Waals surface area contributed by atoms with Crippen LogP contribution in [0, 0.1) is 34.5 Å². The Labute approximate surface area is 363 Å². The van der Waals surface area contributed by atoms with Gasteiger partial charge < -0.3 is 34.3 Å². The minimum atomic E-state index is -1.00. The summed E-state index contributed by atoms with van der Waals surface area (Å²) in [4.78, 5) is 28.0. The molecule has 5 aliphatic rings. The second kappa shape index (κ2) is 18.6. The van der Waals surface area contributed by atoms with Crippen LogP contribution in [0.4, 0.5) is 4.79 Å². The molecule has 328 valence electrons. The molecule has 9 heteroatoms. The minimum absolute atomic E-state index is 0.0340. The fourth-order valence-electron chi connectivity index (χ4n) is 12.4. The molecule has 9 nitrogen and oxygen atoms in total. The maximum absolute atomic E-state index is 13.4. The molecule has 2 N–H and O–H groups in total. The molecule has 8 rings (SSSR count). The van der Waals surface area contributed by atoms with Crippen molar-refractivity contribution in [2.45, 2.75) is 115 Å². The molecule has 61 heavy (non-hydrogen) atoms. The van der Waals surface area contributed by atoms with Gasteiger partial charge in [-0.05, 0) is 127 Å². The number of carbonyl (C=O) groups excluding carboxylic acids is 2. The topological polar surface area (TPSA) is 107 Å². The number of nitrogens with zero attached hydrogens (tertiary/aromatic N) is 1. The van der Waals surface area contributed by atoms with Gasteiger partial charge in [0.15, 0.2) is 0 Å². The number of aliphatic hydroxyl groups excluding tert-OH is 1. The number of aliphatic hydroxyl groups is 1. The highest BCUT2D eigenvalue weighted by Gasteiger charge is 2.56. The van der Waals surface area contributed by atoms with Gasteiger partial charge in [0.05, 0.1) is 26.9 Å². The zero-order valence-electron chi connectivity index (χ0n) is 36.9. The molecule has 1 heterocycles. The van der Waals surface area contributed by atoms with E-state index in [2.05, 4.69) is 37.4 Å². The lowest BCUT2D eigenvalue weighted by Crippen LogP contribution is -2.49. The number of fused-ring (bicyclic) bond motifs is 5. The van der Waals surface area contributed by atoms with Crippen LogP contribution in [0.25, 0.3) is 0 Å². The molecule has 0 bridgehead atoms. The van der Waals surface area contributed by atoms with E-state index in [0.717, 1.165) is 78.0 Å². The molecule has 8 atom stereocenters. The van der Waals surface area contributed by atoms with Crippen molar-refractivity contribution >= 4 is 12.0 Å². The first kappa shape index (κ1) is 43.3. The van der Waals surface area contributed by atoms with Gasteiger partial charge in [-0.25, -0.2) is 4.79 Å². The quantitative estimate of drug-likeness (QED) is 0.0893. The SMILES string of the molecule is COc1ccc(C(OCC2CN(C(=O)CCCCCNC(=O)OC3CCC4(C)C(=CCC5C6CCCC6(C)CCC54)C3)CC2O)(c2ccccc2)c2ccc(OC)cc2)cc1. The number of alkyl carbamates (subject to hydrolysis) is 1. The van der Waals surface area contributed by atoms with Gasteiger partial charge in [-0.3, -0.25) is 4.79 Å². The van der Waals surface area contributed by atoms with Crippen LogP contribution in [0.1, 0.15) is 114 Å². The molecule has 8 unspecified atom stereocenters. The molecule has 1 aliphatic heterocycles. The Kier molecular flexibility index (Phi) is 13.2. The van der Waals surface area contributed by atoms with Gasteiger partial charge in [0.25, 0.3) is 0 Å². The van der Waals surface area contributed by atoms with Gasteiger partial charge in [-0.2, -0.15) is 0 Å². The van der Waals surface area contributed by atoms with Gasteiger partial charge in [0, 0.05) is 38.4 Å². The number of β-amino-alcohol motifs (C(OH)–C–C–N with tert-alkyl or cyclic N) is 1. The van der Waals surface area contributed by atoms with E-state index >= 15 is 0 Å². The predicted molar refractivity (Wildman–Crippen MR) is 237 cm³/mol. The predicted octanol–water partition coefficient (Wildman–Crippen LogP) is 9.84. The zero-order chi connectivity index (χ0) is 42.6. The van der Waals surface area contributed by atoms with Crippen LogP contribution in [0.15, 0.2) is 90.5 Å². The molecular weight excluding hydrogens is 765 g/mol. The highest BCUT2D eigenvalue weighted by Crippen LogP contribution is 2.65. The third-order valence-electron chi connectivity index (χ3n) is 15.9. The second-order valence-electron chi connectivity index (χ2n) is 19.3. The van der Waals surface area contributed by atoms with Crippen molar-refractivity contribution in [3.63, 3.8) is 0 Å². The summed E-state index contributed by atoms with van der Waals surface area (Å²) < 4.78 is 24.0. The third kappa shape index (κ3) is 8.84. The molecule has 2 amide bonds. The van der Waals surface area contributed by atoms with Crippen LogP contribution in [0.5, 0.6) is 11.5 Å². The van der Waals surface area contributed by atoms with Crippen LogP contribution in [-0.4, -0.2) is 74.7 Å². The number of amides is 2. The van der Waals surface area contributed by atoms with E-state index in [1.54, 1.807) is 19.1 Å². The highest BCUT2D eigenvalue weighted by atomic mass is 16.6. The van der Waals surface area contributed by atoms with E-state index in [1.807, 2.05) is 66.7 Å². The Hall–Kier alpha value is -4.34. The normalized spacial score (nSPS) is 29.5. The molecule has 1 saturated heterocycles. The Morgan fingerprint density at radius 3 is 2.18 bits per heavy atom. The highest BCUT2D eigenvalue weighted by molar-refractivity contribution is 5.76. The summed E-state index contributed by atoms with van der Waals surface area (Å²) in [7, 11) is 3.30. The smallest absolute Gasteiger partial charge is 0.407 e. The molecule has 3 saturated carbocycles. The largest absolute Gasteiger partial charge is 0.497 e. The average molecular weight is 833 g/mol. The number of carbonyl (C=O) groups is 2. The molecule has 0 spiro atoms. The maximum Gasteiger partial charge on any atom is 0.407 e. The first-order chi connectivity index (χ1) is 29.6. The number of hydrogen-bond acceptors (Lipinski definition) is 7. The average Bonchev–Trinajstić information content (AvgIpc) is 3.87. The lowest BCUT2D eigenvalue weighted by molar-refractivity contribution is -0.130. The van der Waals surface area contributed by atoms with Gasteiger partial charge in [-0.1, -0.05) is 92.9 Å². The first-order valence-electron chi connectivity index (χ1n) is 23.1. The Morgan fingerprint density at radius 2 is 1.49 bits per heavy atom. The van der Waals surface area contributed by atoms with E-state index in [-0.39, 0.29) is 42.6 Å². The number of ether oxygens (including phenoxy) is 4. The van der Waals surface area contributed by atoms with Crippen molar-refractivity contribution in [2.24, 2.45) is 34.5 Å². The molecule has 4 fully saturated rings. The molecule has 0 radical (unpaired) electrons. The summed E-state index contributed by atoms with van der Waals surface area (Å²) in [5.74, 6) is 3.74. The first-order valence-corrected chi connectivity index (χ1v) is 23.1. The number of rotatable bonds is 15. The summed E-state index contributed by atoms with van der Waals surface area (Å²) in [6, 6.07) is 25.9. The Bertz CT molecular complexity index is 1940. The number of likely N-dealkylation sites (tertiary alicyclic amines) is 1. The van der Waals surface area contributed by atoms with Gasteiger partial charge in [0.2, 0.25) is 5.91 Å². The number of benzene rings is 3. The second-order valence-corrected chi connectivity index (χ2v) is 19.3. The molecule has 4 aliphatic carbocycles.